The van der Waals surface area contributed by atoms with Gasteiger partial charge in [0.25, 0.3) is 0 Å². The number of nitrogens with one attached hydrogen (secondary N) is 1. The molecule has 0 aliphatic carbocycles. The summed E-state index contributed by atoms with van der Waals surface area (Å²) in [6.45, 7) is 11.2. The number of nitrogens with zero attached hydrogens (tertiary/aromatic N) is 5. The van der Waals surface area contributed by atoms with E-state index in [0.29, 0.717) is 10.8 Å². The maximum absolute atomic E-state index is 12.4. The van der Waals surface area contributed by atoms with Crippen molar-refractivity contribution < 1.29 is 4.79 Å². The molecule has 0 aliphatic rings. The molecule has 7 nitrogen and oxygen atoms in total. The summed E-state index contributed by atoms with van der Waals surface area (Å²) in [5.41, 5.74) is 1.00. The third-order valence-corrected chi connectivity index (χ3v) is 5.32. The molecule has 26 heavy (non-hydrogen) atoms. The molecule has 2 atom stereocenters. The number of aryl methyl sites for hydroxylation is 2. The number of carbonyl (C=O) groups excluding carboxylic acids is 1. The van der Waals surface area contributed by atoms with E-state index in [-0.39, 0.29) is 11.8 Å². The summed E-state index contributed by atoms with van der Waals surface area (Å²) in [7, 11) is 0. The van der Waals surface area contributed by atoms with Gasteiger partial charge in [0.15, 0.2) is 5.82 Å². The van der Waals surface area contributed by atoms with Crippen molar-refractivity contribution in [2.45, 2.75) is 57.4 Å². The Bertz CT molecular complexity index is 823. The minimum absolute atomic E-state index is 0.00786. The van der Waals surface area contributed by atoms with Crippen LogP contribution in [0.15, 0.2) is 23.2 Å². The van der Waals surface area contributed by atoms with E-state index in [2.05, 4.69) is 26.7 Å². The van der Waals surface area contributed by atoms with E-state index in [9.17, 15) is 10.1 Å². The number of nitriles is 1. The number of hydrogen-bond donors (Lipinski definition) is 1. The van der Waals surface area contributed by atoms with Crippen LogP contribution in [0.3, 0.4) is 0 Å². The summed E-state index contributed by atoms with van der Waals surface area (Å²) in [5, 5.41) is 25.2. The molecular formula is C18H24N6OS. The van der Waals surface area contributed by atoms with Crippen molar-refractivity contribution >= 4 is 17.7 Å². The van der Waals surface area contributed by atoms with Gasteiger partial charge in [-0.15, -0.1) is 10.2 Å². The van der Waals surface area contributed by atoms with Crippen LogP contribution in [0.25, 0.3) is 5.82 Å². The maximum atomic E-state index is 12.4. The van der Waals surface area contributed by atoms with Crippen molar-refractivity contribution in [2.24, 2.45) is 5.92 Å². The third-order valence-electron chi connectivity index (χ3n) is 4.29. The number of hydrogen-bond acceptors (Lipinski definition) is 6. The minimum atomic E-state index is -0.892. The van der Waals surface area contributed by atoms with Crippen LogP contribution < -0.4 is 5.32 Å². The lowest BCUT2D eigenvalue weighted by molar-refractivity contribution is -0.121. The number of rotatable bonds is 6. The number of aromatic nitrogens is 4. The highest BCUT2D eigenvalue weighted by molar-refractivity contribution is 8.00. The van der Waals surface area contributed by atoms with Crippen molar-refractivity contribution in [1.29, 1.82) is 5.26 Å². The van der Waals surface area contributed by atoms with Gasteiger partial charge in [-0.25, -0.2) is 4.68 Å². The first-order chi connectivity index (χ1) is 12.2. The standard InChI is InChI=1S/C18H24N6OS/c1-11(2)18(6,10-19)20-17(25)14(5)26-16-8-7-15(21-22-16)24-13(4)9-12(3)23-24/h7-9,11,14H,1-6H3,(H,20,25)/t14-,18+/m0/s1. The van der Waals surface area contributed by atoms with Gasteiger partial charge in [-0.05, 0) is 51.8 Å². The molecule has 0 fully saturated rings. The average molecular weight is 372 g/mol. The summed E-state index contributed by atoms with van der Waals surface area (Å²) in [5.74, 6) is 0.444. The monoisotopic (exact) mass is 372 g/mol. The van der Waals surface area contributed by atoms with Crippen LogP contribution in [0.5, 0.6) is 0 Å². The molecule has 0 radical (unpaired) electrons. The molecular weight excluding hydrogens is 348 g/mol. The molecule has 8 heteroatoms. The van der Waals surface area contributed by atoms with Crippen molar-refractivity contribution in [3.63, 3.8) is 0 Å². The predicted molar refractivity (Wildman–Crippen MR) is 101 cm³/mol. The first-order valence-corrected chi connectivity index (χ1v) is 9.31. The molecule has 2 heterocycles. The fourth-order valence-electron chi connectivity index (χ4n) is 2.24. The smallest absolute Gasteiger partial charge is 0.234 e. The summed E-state index contributed by atoms with van der Waals surface area (Å²) in [6, 6.07) is 7.80. The highest BCUT2D eigenvalue weighted by Crippen LogP contribution is 2.23. The molecule has 0 aromatic carbocycles. The second-order valence-electron chi connectivity index (χ2n) is 6.79. The minimum Gasteiger partial charge on any atom is -0.337 e. The van der Waals surface area contributed by atoms with E-state index in [1.54, 1.807) is 18.5 Å². The van der Waals surface area contributed by atoms with E-state index in [4.69, 9.17) is 0 Å². The van der Waals surface area contributed by atoms with Crippen LogP contribution in [0.1, 0.15) is 39.1 Å². The van der Waals surface area contributed by atoms with Crippen LogP contribution in [0.4, 0.5) is 0 Å². The Kier molecular flexibility index (Phi) is 6.03. The Morgan fingerprint density at radius 3 is 2.46 bits per heavy atom. The molecule has 0 bridgehead atoms. The van der Waals surface area contributed by atoms with Crippen LogP contribution >= 0.6 is 11.8 Å². The summed E-state index contributed by atoms with van der Waals surface area (Å²) >= 11 is 1.30. The van der Waals surface area contributed by atoms with Gasteiger partial charge < -0.3 is 5.32 Å². The highest BCUT2D eigenvalue weighted by atomic mass is 32.2. The Balaban J connectivity index is 2.05. The molecule has 0 aliphatic heterocycles. The molecule has 1 amide bonds. The second-order valence-corrected chi connectivity index (χ2v) is 8.15. The first-order valence-electron chi connectivity index (χ1n) is 8.43. The van der Waals surface area contributed by atoms with Gasteiger partial charge in [0.05, 0.1) is 17.0 Å². The fourth-order valence-corrected chi connectivity index (χ4v) is 3.01. The summed E-state index contributed by atoms with van der Waals surface area (Å²) in [4.78, 5) is 12.4. The lowest BCUT2D eigenvalue weighted by Gasteiger charge is -2.28. The van der Waals surface area contributed by atoms with Gasteiger partial charge in [0, 0.05) is 5.69 Å². The van der Waals surface area contributed by atoms with Crippen LogP contribution in [0.2, 0.25) is 0 Å². The van der Waals surface area contributed by atoms with Gasteiger partial charge in [-0.1, -0.05) is 25.6 Å². The molecule has 2 rings (SSSR count). The van der Waals surface area contributed by atoms with Gasteiger partial charge in [0.1, 0.15) is 10.6 Å². The van der Waals surface area contributed by atoms with Crippen molar-refractivity contribution in [2.75, 3.05) is 0 Å². The topological polar surface area (TPSA) is 96.5 Å². The molecule has 2 aromatic heterocycles. The third kappa shape index (κ3) is 4.41. The molecule has 2 aromatic rings. The first kappa shape index (κ1) is 19.9. The van der Waals surface area contributed by atoms with Crippen molar-refractivity contribution in [3.05, 3.63) is 29.6 Å². The molecule has 1 N–H and O–H groups in total. The van der Waals surface area contributed by atoms with Crippen molar-refractivity contribution in [3.8, 4) is 11.9 Å². The fraction of sp³-hybridized carbons (Fsp3) is 0.500. The van der Waals surface area contributed by atoms with Crippen LogP contribution in [-0.2, 0) is 4.79 Å². The molecule has 0 saturated heterocycles. The van der Waals surface area contributed by atoms with Gasteiger partial charge in [-0.2, -0.15) is 10.4 Å². The van der Waals surface area contributed by atoms with Gasteiger partial charge in [0.2, 0.25) is 5.91 Å². The number of amides is 1. The summed E-state index contributed by atoms with van der Waals surface area (Å²) < 4.78 is 1.73. The van der Waals surface area contributed by atoms with E-state index < -0.39 is 10.8 Å². The SMILES string of the molecule is Cc1cc(C)n(-c2ccc(S[C@@H](C)C(=O)N[C@](C)(C#N)C(C)C)nn2)n1. The largest absolute Gasteiger partial charge is 0.337 e. The van der Waals surface area contributed by atoms with Gasteiger partial charge in [-0.3, -0.25) is 4.79 Å². The normalized spacial score (nSPS) is 14.5. The van der Waals surface area contributed by atoms with Crippen LogP contribution in [0, 0.1) is 31.1 Å². The zero-order valence-electron chi connectivity index (χ0n) is 15.9. The van der Waals surface area contributed by atoms with E-state index in [1.807, 2.05) is 45.9 Å². The lowest BCUT2D eigenvalue weighted by atomic mass is 9.90. The zero-order valence-corrected chi connectivity index (χ0v) is 16.8. The second kappa shape index (κ2) is 7.87. The number of thioether (sulfide) groups is 1. The van der Waals surface area contributed by atoms with E-state index in [1.165, 1.54) is 11.8 Å². The van der Waals surface area contributed by atoms with Crippen molar-refractivity contribution in [1.82, 2.24) is 25.3 Å². The summed E-state index contributed by atoms with van der Waals surface area (Å²) in [6.07, 6.45) is 0. The van der Waals surface area contributed by atoms with E-state index >= 15 is 0 Å². The predicted octanol–water partition coefficient (Wildman–Crippen LogP) is 2.81. The maximum Gasteiger partial charge on any atom is 0.234 e. The molecule has 0 unspecified atom stereocenters. The Labute approximate surface area is 158 Å². The Hall–Kier alpha value is -2.40. The average Bonchev–Trinajstić information content (AvgIpc) is 2.93. The van der Waals surface area contributed by atoms with Crippen LogP contribution in [-0.4, -0.2) is 36.7 Å². The molecule has 0 saturated carbocycles. The highest BCUT2D eigenvalue weighted by Gasteiger charge is 2.31. The van der Waals surface area contributed by atoms with E-state index in [0.717, 1.165) is 11.4 Å². The Morgan fingerprint density at radius 2 is 2.00 bits per heavy atom. The van der Waals surface area contributed by atoms with Gasteiger partial charge >= 0.3 is 0 Å². The quantitative estimate of drug-likeness (QED) is 0.783. The number of carbonyl (C=O) groups is 1. The Morgan fingerprint density at radius 1 is 1.31 bits per heavy atom. The zero-order chi connectivity index (χ0) is 19.5. The molecule has 0 spiro atoms. The molecule has 138 valence electrons. The lowest BCUT2D eigenvalue weighted by Crippen LogP contribution is -2.51.